The number of methoxy groups -OCH3 is 1. The van der Waals surface area contributed by atoms with Crippen LogP contribution in [-0.2, 0) is 21.1 Å². The van der Waals surface area contributed by atoms with Crippen LogP contribution in [-0.4, -0.2) is 60.8 Å². The van der Waals surface area contributed by atoms with Crippen molar-refractivity contribution in [2.24, 2.45) is 11.1 Å². The van der Waals surface area contributed by atoms with E-state index in [0.29, 0.717) is 0 Å². The molecule has 1 aromatic heterocycles. The van der Waals surface area contributed by atoms with Crippen molar-refractivity contribution in [3.8, 4) is 11.4 Å². The lowest BCUT2D eigenvalue weighted by Gasteiger charge is -2.42. The van der Waals surface area contributed by atoms with E-state index in [2.05, 4.69) is 21.1 Å². The monoisotopic (exact) mass is 512 g/mol. The number of rotatable bonds is 7. The molecule has 0 N–H and O–H groups in total. The summed E-state index contributed by atoms with van der Waals surface area (Å²) >= 11 is 0. The van der Waals surface area contributed by atoms with Crippen LogP contribution in [0.4, 0.5) is 4.39 Å². The molecule has 2 aliphatic rings. The first-order valence-corrected chi connectivity index (χ1v) is 13.6. The van der Waals surface area contributed by atoms with Crippen LogP contribution in [0, 0.1) is 18.7 Å². The van der Waals surface area contributed by atoms with E-state index in [1.165, 1.54) is 24.3 Å². The summed E-state index contributed by atoms with van der Waals surface area (Å²) in [6.45, 7) is 2.87. The van der Waals surface area contributed by atoms with Crippen LogP contribution >= 0.6 is 0 Å². The van der Waals surface area contributed by atoms with E-state index in [1.807, 2.05) is 29.8 Å². The Labute approximate surface area is 210 Å². The Balaban J connectivity index is 1.33. The Morgan fingerprint density at radius 2 is 2.00 bits per heavy atom. The molecule has 1 fully saturated rings. The maximum atomic E-state index is 13.3. The largest absolute Gasteiger partial charge is 0.495 e. The molecule has 0 amide bonds. The summed E-state index contributed by atoms with van der Waals surface area (Å²) in [5.74, 6) is 1.06. The molecule has 2 unspecified atom stereocenters. The first-order chi connectivity index (χ1) is 17.3. The lowest BCUT2D eigenvalue weighted by atomic mass is 9.89. The van der Waals surface area contributed by atoms with Gasteiger partial charge in [0.25, 0.3) is 0 Å². The summed E-state index contributed by atoms with van der Waals surface area (Å²) in [7, 11) is -1.96. The Kier molecular flexibility index (Phi) is 6.70. The van der Waals surface area contributed by atoms with Crippen LogP contribution in [0.3, 0.4) is 0 Å². The highest BCUT2D eigenvalue weighted by Gasteiger charge is 2.37. The van der Waals surface area contributed by atoms with Gasteiger partial charge in [-0.2, -0.15) is 0 Å². The number of aryl methyl sites for hydroxylation is 1. The van der Waals surface area contributed by atoms with Crippen molar-refractivity contribution in [2.45, 2.75) is 37.1 Å². The second-order valence-corrected chi connectivity index (χ2v) is 11.3. The first-order valence-electron chi connectivity index (χ1n) is 12.0. The molecule has 0 aliphatic carbocycles. The van der Waals surface area contributed by atoms with Gasteiger partial charge in [0.15, 0.2) is 9.84 Å². The van der Waals surface area contributed by atoms with Crippen molar-refractivity contribution in [3.05, 3.63) is 72.1 Å². The third-order valence-corrected chi connectivity index (χ3v) is 8.59. The van der Waals surface area contributed by atoms with Crippen LogP contribution in [0.25, 0.3) is 5.69 Å². The molecule has 190 valence electrons. The number of aromatic nitrogens is 2. The lowest BCUT2D eigenvalue weighted by Crippen LogP contribution is -2.54. The minimum Gasteiger partial charge on any atom is -0.495 e. The summed E-state index contributed by atoms with van der Waals surface area (Å²) in [6.07, 6.45) is 6.31. The fourth-order valence-corrected chi connectivity index (χ4v) is 6.51. The van der Waals surface area contributed by atoms with Crippen LogP contribution in [0.1, 0.15) is 24.1 Å². The minimum atomic E-state index is -3.61. The number of fused-ring (bicyclic) bond motifs is 1. The molecular formula is C26H29FN4O4S. The SMILES string of the molecule is COc1cc(CC2CCCN3C2=NOCC3CS(=O)(=O)c2ccc(F)cc2)ccc1-n1cnc(C)c1. The zero-order valence-corrected chi connectivity index (χ0v) is 21.1. The zero-order chi connectivity index (χ0) is 25.3. The van der Waals surface area contributed by atoms with Crippen molar-refractivity contribution >= 4 is 15.7 Å². The number of nitrogens with zero attached hydrogens (tertiary/aromatic N) is 4. The first kappa shape index (κ1) is 24.3. The van der Waals surface area contributed by atoms with Gasteiger partial charge < -0.3 is 19.0 Å². The highest BCUT2D eigenvalue weighted by Crippen LogP contribution is 2.31. The van der Waals surface area contributed by atoms with Crippen molar-refractivity contribution in [2.75, 3.05) is 26.0 Å². The molecule has 2 atom stereocenters. The topological polar surface area (TPSA) is 86.0 Å². The third-order valence-electron chi connectivity index (χ3n) is 6.78. The predicted octanol–water partition coefficient (Wildman–Crippen LogP) is 3.77. The number of hydrogen-bond acceptors (Lipinski definition) is 7. The van der Waals surface area contributed by atoms with Gasteiger partial charge in [0, 0.05) is 18.7 Å². The third kappa shape index (κ3) is 4.95. The van der Waals surface area contributed by atoms with Gasteiger partial charge in [0.2, 0.25) is 0 Å². The molecular weight excluding hydrogens is 483 g/mol. The van der Waals surface area contributed by atoms with E-state index in [9.17, 15) is 12.8 Å². The minimum absolute atomic E-state index is 0.0983. The highest BCUT2D eigenvalue weighted by atomic mass is 32.2. The van der Waals surface area contributed by atoms with E-state index in [0.717, 1.165) is 54.3 Å². The molecule has 0 radical (unpaired) electrons. The number of benzene rings is 2. The van der Waals surface area contributed by atoms with Crippen LogP contribution < -0.4 is 4.74 Å². The fraction of sp³-hybridized carbons (Fsp3) is 0.385. The molecule has 8 nitrogen and oxygen atoms in total. The smallest absolute Gasteiger partial charge is 0.180 e. The van der Waals surface area contributed by atoms with Gasteiger partial charge in [-0.25, -0.2) is 17.8 Å². The normalized spacial score (nSPS) is 19.9. The Bertz CT molecular complexity index is 1370. The molecule has 3 heterocycles. The van der Waals surface area contributed by atoms with Gasteiger partial charge in [0.05, 0.1) is 41.5 Å². The second-order valence-electron chi connectivity index (χ2n) is 9.30. The highest BCUT2D eigenvalue weighted by molar-refractivity contribution is 7.91. The van der Waals surface area contributed by atoms with E-state index < -0.39 is 15.7 Å². The standard InChI is InChI=1S/C26H29FN4O4S/c1-18-14-30(17-28-18)24-10-5-19(13-25(24)34-2)12-20-4-3-11-31-22(15-35-29-26(20)31)16-36(32,33)23-8-6-21(27)7-9-23/h5-10,13-14,17,20,22H,3-4,11-12,15-16H2,1-2H3. The molecule has 0 spiro atoms. The van der Waals surface area contributed by atoms with E-state index >= 15 is 0 Å². The average Bonchev–Trinajstić information content (AvgIpc) is 3.30. The van der Waals surface area contributed by atoms with Gasteiger partial charge in [0.1, 0.15) is 24.0 Å². The number of oxime groups is 1. The van der Waals surface area contributed by atoms with Gasteiger partial charge in [-0.1, -0.05) is 11.2 Å². The second kappa shape index (κ2) is 9.93. The van der Waals surface area contributed by atoms with E-state index in [-0.39, 0.29) is 29.2 Å². The van der Waals surface area contributed by atoms with Crippen molar-refractivity contribution in [3.63, 3.8) is 0 Å². The molecule has 5 rings (SSSR count). The van der Waals surface area contributed by atoms with Crippen LogP contribution in [0.5, 0.6) is 5.75 Å². The van der Waals surface area contributed by atoms with Crippen LogP contribution in [0.2, 0.25) is 0 Å². The predicted molar refractivity (Wildman–Crippen MR) is 134 cm³/mol. The number of amidine groups is 1. The number of imidazole rings is 1. The van der Waals surface area contributed by atoms with Crippen molar-refractivity contribution in [1.29, 1.82) is 0 Å². The zero-order valence-electron chi connectivity index (χ0n) is 20.3. The summed E-state index contributed by atoms with van der Waals surface area (Å²) in [5.41, 5.74) is 2.94. The summed E-state index contributed by atoms with van der Waals surface area (Å²) < 4.78 is 46.9. The summed E-state index contributed by atoms with van der Waals surface area (Å²) in [6, 6.07) is 10.7. The molecule has 0 bridgehead atoms. The maximum Gasteiger partial charge on any atom is 0.180 e. The lowest BCUT2D eigenvalue weighted by molar-refractivity contribution is 0.0559. The van der Waals surface area contributed by atoms with E-state index in [4.69, 9.17) is 9.57 Å². The molecule has 10 heteroatoms. The Morgan fingerprint density at radius 1 is 1.19 bits per heavy atom. The number of ether oxygens (including phenoxy) is 1. The molecule has 36 heavy (non-hydrogen) atoms. The van der Waals surface area contributed by atoms with Crippen molar-refractivity contribution < 1.29 is 22.4 Å². The molecule has 2 aliphatic heterocycles. The van der Waals surface area contributed by atoms with Gasteiger partial charge >= 0.3 is 0 Å². The van der Waals surface area contributed by atoms with Crippen molar-refractivity contribution in [1.82, 2.24) is 14.5 Å². The Morgan fingerprint density at radius 3 is 2.72 bits per heavy atom. The Hall–Kier alpha value is -3.40. The summed E-state index contributed by atoms with van der Waals surface area (Å²) in [5, 5.41) is 4.36. The molecule has 1 saturated heterocycles. The van der Waals surface area contributed by atoms with Crippen LogP contribution in [0.15, 0.2) is 65.0 Å². The quantitative estimate of drug-likeness (QED) is 0.448. The van der Waals surface area contributed by atoms with Gasteiger partial charge in [-0.15, -0.1) is 0 Å². The molecule has 2 aromatic carbocycles. The molecule has 0 saturated carbocycles. The number of halogens is 1. The maximum absolute atomic E-state index is 13.3. The molecule has 3 aromatic rings. The number of hydrogen-bond donors (Lipinski definition) is 0. The van der Waals surface area contributed by atoms with Gasteiger partial charge in [-0.3, -0.25) is 0 Å². The average molecular weight is 513 g/mol. The fourth-order valence-electron chi connectivity index (χ4n) is 4.98. The number of piperidine rings is 1. The van der Waals surface area contributed by atoms with E-state index in [1.54, 1.807) is 13.4 Å². The number of sulfone groups is 1. The summed E-state index contributed by atoms with van der Waals surface area (Å²) in [4.78, 5) is 12.0. The van der Waals surface area contributed by atoms with Gasteiger partial charge in [-0.05, 0) is 68.1 Å².